The molecule has 0 fully saturated rings. The lowest BCUT2D eigenvalue weighted by Gasteiger charge is -2.06. The Hall–Kier alpha value is -3.92. The van der Waals surface area contributed by atoms with Crippen molar-refractivity contribution in [3.05, 3.63) is 75.6 Å². The van der Waals surface area contributed by atoms with Gasteiger partial charge in [-0.1, -0.05) is 50.2 Å². The molecule has 1 heterocycles. The smallest absolute Gasteiger partial charge is 0.353 e. The minimum atomic E-state index is -1.11. The molecule has 0 amide bonds. The van der Waals surface area contributed by atoms with E-state index >= 15 is 0 Å². The van der Waals surface area contributed by atoms with Crippen LogP contribution in [0.4, 0.5) is 5.69 Å². The van der Waals surface area contributed by atoms with Crippen LogP contribution in [0, 0.1) is 28.4 Å². The van der Waals surface area contributed by atoms with Crippen LogP contribution >= 0.6 is 0 Å². The first kappa shape index (κ1) is 21.4. The van der Waals surface area contributed by atoms with E-state index in [1.165, 1.54) is 16.7 Å². The molecule has 7 nitrogen and oxygen atoms in total. The van der Waals surface area contributed by atoms with Crippen molar-refractivity contribution in [3.8, 4) is 28.3 Å². The summed E-state index contributed by atoms with van der Waals surface area (Å²) in [5.74, 6) is -1.11. The molecule has 0 aliphatic carbocycles. The lowest BCUT2D eigenvalue weighted by atomic mass is 9.97. The minimum Gasteiger partial charge on any atom is -0.477 e. The van der Waals surface area contributed by atoms with Crippen LogP contribution in [0.2, 0.25) is 0 Å². The number of nitrogens with zero attached hydrogens (tertiary/aromatic N) is 3. The van der Waals surface area contributed by atoms with Crippen molar-refractivity contribution in [1.29, 1.82) is 5.26 Å². The van der Waals surface area contributed by atoms with E-state index in [0.29, 0.717) is 27.9 Å². The average Bonchev–Trinajstić information content (AvgIpc) is 3.00. The molecule has 1 N–H and O–H groups in total. The average molecular weight is 391 g/mol. The van der Waals surface area contributed by atoms with Gasteiger partial charge in [-0.2, -0.15) is 5.26 Å². The maximum Gasteiger partial charge on any atom is 0.353 e. The number of aromatic nitrogens is 1. The Bertz CT molecular complexity index is 1110. The van der Waals surface area contributed by atoms with Gasteiger partial charge < -0.3 is 9.67 Å². The molecule has 0 aliphatic heterocycles. The first-order valence-electron chi connectivity index (χ1n) is 9.03. The molecule has 0 unspecified atom stereocenters. The number of aromatic carboxylic acids is 1. The van der Waals surface area contributed by atoms with E-state index in [2.05, 4.69) is 6.07 Å². The number of nitriles is 1. The quantitative estimate of drug-likeness (QED) is 0.487. The van der Waals surface area contributed by atoms with E-state index in [1.54, 1.807) is 50.4 Å². The van der Waals surface area contributed by atoms with E-state index in [0.717, 1.165) is 5.56 Å². The molecular weight excluding hydrogens is 370 g/mol. The molecule has 0 spiro atoms. The zero-order chi connectivity index (χ0) is 21.7. The molecule has 0 aliphatic rings. The highest BCUT2D eigenvalue weighted by molar-refractivity contribution is 5.97. The molecule has 29 heavy (non-hydrogen) atoms. The molecule has 2 aromatic carbocycles. The van der Waals surface area contributed by atoms with Crippen LogP contribution < -0.4 is 0 Å². The van der Waals surface area contributed by atoms with Crippen molar-refractivity contribution in [3.63, 3.8) is 0 Å². The van der Waals surface area contributed by atoms with Gasteiger partial charge in [0.2, 0.25) is 0 Å². The SMILES string of the molecule is CC.Cc1c(C#N)c(-c2ccc(-c3cccc([N+](=O)[O-])c3)cc2)c(C(=O)O)n1C. The van der Waals surface area contributed by atoms with E-state index < -0.39 is 10.9 Å². The number of carboxylic acid groups (broad SMARTS) is 1. The lowest BCUT2D eigenvalue weighted by molar-refractivity contribution is -0.384. The molecule has 0 bridgehead atoms. The zero-order valence-electron chi connectivity index (χ0n) is 16.6. The molecule has 3 aromatic rings. The Morgan fingerprint density at radius 3 is 2.21 bits per heavy atom. The van der Waals surface area contributed by atoms with Crippen molar-refractivity contribution >= 4 is 11.7 Å². The van der Waals surface area contributed by atoms with Gasteiger partial charge in [0.1, 0.15) is 11.8 Å². The Balaban J connectivity index is 0.00000145. The van der Waals surface area contributed by atoms with Crippen LogP contribution in [-0.2, 0) is 7.05 Å². The summed E-state index contributed by atoms with van der Waals surface area (Å²) < 4.78 is 1.49. The summed E-state index contributed by atoms with van der Waals surface area (Å²) >= 11 is 0. The van der Waals surface area contributed by atoms with Crippen LogP contribution in [0.3, 0.4) is 0 Å². The molecule has 3 rings (SSSR count). The molecular formula is C22H21N3O4. The van der Waals surface area contributed by atoms with Gasteiger partial charge in [0.25, 0.3) is 5.69 Å². The van der Waals surface area contributed by atoms with Gasteiger partial charge in [0, 0.05) is 30.4 Å². The number of hydrogen-bond acceptors (Lipinski definition) is 4. The Kier molecular flexibility index (Phi) is 6.52. The van der Waals surface area contributed by atoms with Crippen molar-refractivity contribution in [1.82, 2.24) is 4.57 Å². The Labute approximate surface area is 168 Å². The molecule has 7 heteroatoms. The van der Waals surface area contributed by atoms with Gasteiger partial charge >= 0.3 is 5.97 Å². The van der Waals surface area contributed by atoms with Gasteiger partial charge in [-0.3, -0.25) is 10.1 Å². The predicted octanol–water partition coefficient (Wildman–Crippen LogP) is 5.17. The maximum absolute atomic E-state index is 11.7. The number of non-ortho nitro benzene ring substituents is 1. The topological polar surface area (TPSA) is 109 Å². The third-order valence-electron chi connectivity index (χ3n) is 4.57. The van der Waals surface area contributed by atoms with Crippen LogP contribution in [0.5, 0.6) is 0 Å². The number of nitro groups is 1. The highest BCUT2D eigenvalue weighted by Crippen LogP contribution is 2.33. The second kappa shape index (κ2) is 8.85. The molecule has 148 valence electrons. The number of carboxylic acids is 1. The summed E-state index contributed by atoms with van der Waals surface area (Å²) in [6.45, 7) is 5.70. The minimum absolute atomic E-state index is 0.00445. The first-order valence-corrected chi connectivity index (χ1v) is 9.03. The van der Waals surface area contributed by atoms with Gasteiger partial charge in [0.05, 0.1) is 10.5 Å². The molecule has 0 radical (unpaired) electrons. The van der Waals surface area contributed by atoms with E-state index in [9.17, 15) is 25.3 Å². The van der Waals surface area contributed by atoms with Gasteiger partial charge in [-0.15, -0.1) is 0 Å². The van der Waals surface area contributed by atoms with Gasteiger partial charge in [-0.25, -0.2) is 4.79 Å². The summed E-state index contributed by atoms with van der Waals surface area (Å²) in [6.07, 6.45) is 0. The van der Waals surface area contributed by atoms with Gasteiger partial charge in [-0.05, 0) is 23.6 Å². The second-order valence-corrected chi connectivity index (χ2v) is 6.04. The van der Waals surface area contributed by atoms with Crippen LogP contribution in [0.1, 0.15) is 35.6 Å². The number of benzene rings is 2. The third-order valence-corrected chi connectivity index (χ3v) is 4.57. The van der Waals surface area contributed by atoms with Crippen LogP contribution in [-0.4, -0.2) is 20.6 Å². The molecule has 1 aromatic heterocycles. The van der Waals surface area contributed by atoms with Crippen LogP contribution in [0.15, 0.2) is 48.5 Å². The van der Waals surface area contributed by atoms with Crippen molar-refractivity contribution in [2.75, 3.05) is 0 Å². The fraction of sp³-hybridized carbons (Fsp3) is 0.182. The summed E-state index contributed by atoms with van der Waals surface area (Å²) in [7, 11) is 1.61. The second-order valence-electron chi connectivity index (χ2n) is 6.04. The normalized spacial score (nSPS) is 9.90. The first-order chi connectivity index (χ1) is 13.8. The van der Waals surface area contributed by atoms with Crippen molar-refractivity contribution < 1.29 is 14.8 Å². The monoisotopic (exact) mass is 391 g/mol. The van der Waals surface area contributed by atoms with E-state index in [1.807, 2.05) is 13.8 Å². The fourth-order valence-electron chi connectivity index (χ4n) is 3.10. The number of rotatable bonds is 4. The summed E-state index contributed by atoms with van der Waals surface area (Å²) in [4.78, 5) is 22.2. The summed E-state index contributed by atoms with van der Waals surface area (Å²) in [5.41, 5.74) is 3.34. The number of nitro benzene ring substituents is 1. The summed E-state index contributed by atoms with van der Waals surface area (Å²) in [6, 6.07) is 15.3. The van der Waals surface area contributed by atoms with Crippen LogP contribution in [0.25, 0.3) is 22.3 Å². The highest BCUT2D eigenvalue weighted by atomic mass is 16.6. The van der Waals surface area contributed by atoms with Crippen molar-refractivity contribution in [2.24, 2.45) is 7.05 Å². The number of carbonyl (C=O) groups is 1. The molecule has 0 atom stereocenters. The maximum atomic E-state index is 11.7. The van der Waals surface area contributed by atoms with E-state index in [-0.39, 0.29) is 11.4 Å². The zero-order valence-corrected chi connectivity index (χ0v) is 16.6. The Morgan fingerprint density at radius 1 is 1.10 bits per heavy atom. The standard InChI is InChI=1S/C20H15N3O4.C2H6/c1-12-17(11-21)18(19(20(24)25)22(12)2)14-8-6-13(7-9-14)15-4-3-5-16(10-15)23(26)27;1-2/h3-10H,1-2H3,(H,24,25);1-2H3. The van der Waals surface area contributed by atoms with Gasteiger partial charge in [0.15, 0.2) is 0 Å². The predicted molar refractivity (Wildman–Crippen MR) is 111 cm³/mol. The lowest BCUT2D eigenvalue weighted by Crippen LogP contribution is -2.06. The van der Waals surface area contributed by atoms with E-state index in [4.69, 9.17) is 0 Å². The highest BCUT2D eigenvalue weighted by Gasteiger charge is 2.24. The summed E-state index contributed by atoms with van der Waals surface area (Å²) in [5, 5.41) is 30.0. The largest absolute Gasteiger partial charge is 0.477 e. The third kappa shape index (κ3) is 4.01. The molecule has 0 saturated carbocycles. The number of hydrogen-bond donors (Lipinski definition) is 1. The Morgan fingerprint density at radius 2 is 1.69 bits per heavy atom. The fourth-order valence-corrected chi connectivity index (χ4v) is 3.10. The molecule has 0 saturated heterocycles. The van der Waals surface area contributed by atoms with Crippen molar-refractivity contribution in [2.45, 2.75) is 20.8 Å².